The molecule has 2 aromatic rings. The SMILES string of the molecule is Cc1cc(Br)c2c(c1C)C1C=CCC1[C@@H](c1ccc([N+](=O)[O-])cc1)N2. The van der Waals surface area contributed by atoms with Crippen molar-refractivity contribution in [2.75, 3.05) is 5.32 Å². The second-order valence-electron chi connectivity index (χ2n) is 6.91. The normalized spacial score (nSPS) is 23.7. The Morgan fingerprint density at radius 3 is 2.64 bits per heavy atom. The van der Waals surface area contributed by atoms with Crippen molar-refractivity contribution < 1.29 is 4.92 Å². The van der Waals surface area contributed by atoms with Crippen LogP contribution in [0.4, 0.5) is 11.4 Å². The van der Waals surface area contributed by atoms with Crippen LogP contribution in [0.1, 0.15) is 40.6 Å². The van der Waals surface area contributed by atoms with Gasteiger partial charge in [-0.1, -0.05) is 24.3 Å². The van der Waals surface area contributed by atoms with E-state index < -0.39 is 0 Å². The largest absolute Gasteiger partial charge is 0.377 e. The maximum atomic E-state index is 10.9. The number of nitro groups is 1. The first kappa shape index (κ1) is 16.3. The Kier molecular flexibility index (Phi) is 3.91. The van der Waals surface area contributed by atoms with Gasteiger partial charge < -0.3 is 5.32 Å². The summed E-state index contributed by atoms with van der Waals surface area (Å²) >= 11 is 3.72. The zero-order chi connectivity index (χ0) is 17.7. The minimum absolute atomic E-state index is 0.133. The van der Waals surface area contributed by atoms with Gasteiger partial charge >= 0.3 is 0 Å². The van der Waals surface area contributed by atoms with Gasteiger partial charge in [0.2, 0.25) is 0 Å². The molecule has 0 bridgehead atoms. The topological polar surface area (TPSA) is 55.2 Å². The molecule has 0 amide bonds. The number of hydrogen-bond acceptors (Lipinski definition) is 3. The van der Waals surface area contributed by atoms with Crippen molar-refractivity contribution in [1.29, 1.82) is 0 Å². The summed E-state index contributed by atoms with van der Waals surface area (Å²) in [7, 11) is 0. The van der Waals surface area contributed by atoms with Gasteiger partial charge in [0.25, 0.3) is 5.69 Å². The summed E-state index contributed by atoms with van der Waals surface area (Å²) in [5, 5.41) is 14.6. The third-order valence-electron chi connectivity index (χ3n) is 5.58. The van der Waals surface area contributed by atoms with E-state index in [2.05, 4.69) is 53.3 Å². The lowest BCUT2D eigenvalue weighted by atomic mass is 9.75. The van der Waals surface area contributed by atoms with Gasteiger partial charge in [-0.05, 0) is 70.4 Å². The highest BCUT2D eigenvalue weighted by atomic mass is 79.9. The Balaban J connectivity index is 1.80. The lowest BCUT2D eigenvalue weighted by molar-refractivity contribution is -0.384. The molecular formula is C20H19BrN2O2. The van der Waals surface area contributed by atoms with Gasteiger partial charge in [0.1, 0.15) is 0 Å². The van der Waals surface area contributed by atoms with E-state index in [9.17, 15) is 10.1 Å². The van der Waals surface area contributed by atoms with Gasteiger partial charge in [0.15, 0.2) is 0 Å². The highest BCUT2D eigenvalue weighted by Gasteiger charge is 2.39. The van der Waals surface area contributed by atoms with E-state index >= 15 is 0 Å². The fourth-order valence-electron chi connectivity index (χ4n) is 4.18. The van der Waals surface area contributed by atoms with Crippen LogP contribution in [0.3, 0.4) is 0 Å². The molecule has 128 valence electrons. The fourth-order valence-corrected chi connectivity index (χ4v) is 4.86. The Morgan fingerprint density at radius 2 is 1.96 bits per heavy atom. The number of halogens is 1. The second kappa shape index (κ2) is 5.99. The van der Waals surface area contributed by atoms with Crippen molar-refractivity contribution in [1.82, 2.24) is 0 Å². The minimum atomic E-state index is -0.351. The molecule has 0 saturated carbocycles. The van der Waals surface area contributed by atoms with Gasteiger partial charge in [0.05, 0.1) is 16.7 Å². The number of benzene rings is 2. The highest BCUT2D eigenvalue weighted by Crippen LogP contribution is 2.53. The third kappa shape index (κ3) is 2.58. The second-order valence-corrected chi connectivity index (χ2v) is 7.77. The van der Waals surface area contributed by atoms with Crippen LogP contribution in [0.2, 0.25) is 0 Å². The van der Waals surface area contributed by atoms with Gasteiger partial charge in [0, 0.05) is 22.5 Å². The lowest BCUT2D eigenvalue weighted by Gasteiger charge is -2.39. The molecule has 0 spiro atoms. The number of aryl methyl sites for hydroxylation is 1. The molecule has 1 heterocycles. The van der Waals surface area contributed by atoms with Crippen LogP contribution in [0.5, 0.6) is 0 Å². The van der Waals surface area contributed by atoms with E-state index in [-0.39, 0.29) is 16.7 Å². The van der Waals surface area contributed by atoms with Crippen LogP contribution in [0.25, 0.3) is 0 Å². The highest BCUT2D eigenvalue weighted by molar-refractivity contribution is 9.10. The molecule has 0 aromatic heterocycles. The van der Waals surface area contributed by atoms with E-state index in [1.807, 2.05) is 12.1 Å². The number of hydrogen-bond donors (Lipinski definition) is 1. The minimum Gasteiger partial charge on any atom is -0.377 e. The zero-order valence-corrected chi connectivity index (χ0v) is 15.7. The van der Waals surface area contributed by atoms with Crippen molar-refractivity contribution in [3.05, 3.63) is 79.3 Å². The smallest absolute Gasteiger partial charge is 0.269 e. The molecule has 5 heteroatoms. The number of rotatable bonds is 2. The Morgan fingerprint density at radius 1 is 1.24 bits per heavy atom. The molecule has 3 atom stereocenters. The summed E-state index contributed by atoms with van der Waals surface area (Å²) in [4.78, 5) is 10.6. The van der Waals surface area contributed by atoms with Crippen molar-refractivity contribution >= 4 is 27.3 Å². The molecule has 0 saturated heterocycles. The van der Waals surface area contributed by atoms with Crippen molar-refractivity contribution in [2.24, 2.45) is 5.92 Å². The maximum absolute atomic E-state index is 10.9. The predicted octanol–water partition coefficient (Wildman–Crippen LogP) is 5.80. The number of non-ortho nitro benzene ring substituents is 1. The first-order chi connectivity index (χ1) is 12.0. The molecule has 4 rings (SSSR count). The lowest BCUT2D eigenvalue weighted by Crippen LogP contribution is -2.30. The average molecular weight is 399 g/mol. The molecule has 1 aliphatic carbocycles. The van der Waals surface area contributed by atoms with E-state index in [1.54, 1.807) is 12.1 Å². The fraction of sp³-hybridized carbons (Fsp3) is 0.300. The van der Waals surface area contributed by atoms with Gasteiger partial charge in [-0.2, -0.15) is 0 Å². The molecule has 2 aromatic carbocycles. The molecule has 0 radical (unpaired) electrons. The molecule has 25 heavy (non-hydrogen) atoms. The summed E-state index contributed by atoms with van der Waals surface area (Å²) in [5.41, 5.74) is 6.39. The summed E-state index contributed by atoms with van der Waals surface area (Å²) in [6.45, 7) is 4.34. The van der Waals surface area contributed by atoms with Crippen molar-refractivity contribution in [3.63, 3.8) is 0 Å². The van der Waals surface area contributed by atoms with Crippen LogP contribution >= 0.6 is 15.9 Å². The van der Waals surface area contributed by atoms with Crippen LogP contribution in [0, 0.1) is 29.9 Å². The molecular weight excluding hydrogens is 380 g/mol. The van der Waals surface area contributed by atoms with E-state index in [0.29, 0.717) is 11.8 Å². The summed E-state index contributed by atoms with van der Waals surface area (Å²) in [6, 6.07) is 9.26. The van der Waals surface area contributed by atoms with Gasteiger partial charge in [-0.15, -0.1) is 0 Å². The molecule has 0 fully saturated rings. The standard InChI is InChI=1S/C20H19BrN2O2/c1-11-10-17(21)20-18(12(11)2)15-4-3-5-16(15)19(22-20)13-6-8-14(9-7-13)23(24)25/h3-4,6-10,15-16,19,22H,5H2,1-2H3/t15?,16?,19-/m1/s1. The van der Waals surface area contributed by atoms with Crippen LogP contribution in [-0.4, -0.2) is 4.92 Å². The Labute approximate surface area is 155 Å². The van der Waals surface area contributed by atoms with Crippen LogP contribution in [0.15, 0.2) is 47.0 Å². The Hall–Kier alpha value is -2.14. The van der Waals surface area contributed by atoms with Crippen LogP contribution < -0.4 is 5.32 Å². The average Bonchev–Trinajstić information content (AvgIpc) is 3.08. The summed E-state index contributed by atoms with van der Waals surface area (Å²) in [5.74, 6) is 0.814. The van der Waals surface area contributed by atoms with Gasteiger partial charge in [-0.3, -0.25) is 10.1 Å². The number of nitro benzene ring substituents is 1. The first-order valence-electron chi connectivity index (χ1n) is 8.44. The quantitative estimate of drug-likeness (QED) is 0.395. The molecule has 2 unspecified atom stereocenters. The van der Waals surface area contributed by atoms with Gasteiger partial charge in [-0.25, -0.2) is 0 Å². The monoisotopic (exact) mass is 398 g/mol. The maximum Gasteiger partial charge on any atom is 0.269 e. The van der Waals surface area contributed by atoms with Crippen molar-refractivity contribution in [2.45, 2.75) is 32.2 Å². The number of fused-ring (bicyclic) bond motifs is 3. The number of nitrogens with one attached hydrogen (secondary N) is 1. The zero-order valence-electron chi connectivity index (χ0n) is 14.1. The summed E-state index contributed by atoms with van der Waals surface area (Å²) < 4.78 is 1.08. The molecule has 1 aliphatic heterocycles. The number of anilines is 1. The predicted molar refractivity (Wildman–Crippen MR) is 103 cm³/mol. The first-order valence-corrected chi connectivity index (χ1v) is 9.24. The summed E-state index contributed by atoms with van der Waals surface area (Å²) in [6.07, 6.45) is 5.60. The third-order valence-corrected chi connectivity index (χ3v) is 6.21. The van der Waals surface area contributed by atoms with E-state index in [0.717, 1.165) is 22.1 Å². The molecule has 2 aliphatic rings. The van der Waals surface area contributed by atoms with E-state index in [1.165, 1.54) is 16.7 Å². The number of nitrogens with zero attached hydrogens (tertiary/aromatic N) is 1. The van der Waals surface area contributed by atoms with Crippen LogP contribution in [-0.2, 0) is 0 Å². The molecule has 1 N–H and O–H groups in total. The Bertz CT molecular complexity index is 890. The molecule has 4 nitrogen and oxygen atoms in total. The van der Waals surface area contributed by atoms with Crippen molar-refractivity contribution in [3.8, 4) is 0 Å². The number of allylic oxidation sites excluding steroid dienone is 2. The van der Waals surface area contributed by atoms with E-state index in [4.69, 9.17) is 0 Å².